The molecular weight excluding hydrogens is 422 g/mol. The zero-order valence-electron chi connectivity index (χ0n) is 18.0. The lowest BCUT2D eigenvalue weighted by Gasteiger charge is -2.07. The maximum atomic E-state index is 12.4. The fourth-order valence-electron chi connectivity index (χ4n) is 3.49. The van der Waals surface area contributed by atoms with Crippen molar-refractivity contribution in [1.82, 2.24) is 24.9 Å². The molecule has 0 aliphatic heterocycles. The number of hydrogen-bond acceptors (Lipinski definition) is 3. The van der Waals surface area contributed by atoms with Crippen molar-refractivity contribution in [1.29, 1.82) is 0 Å². The summed E-state index contributed by atoms with van der Waals surface area (Å²) in [5, 5.41) is 12.5. The summed E-state index contributed by atoms with van der Waals surface area (Å²) in [6.45, 7) is 4.97. The number of carbonyl (C=O) groups is 1. The Morgan fingerprint density at radius 1 is 1.09 bits per heavy atom. The van der Waals surface area contributed by atoms with Crippen LogP contribution in [0.25, 0.3) is 11.8 Å². The summed E-state index contributed by atoms with van der Waals surface area (Å²) in [5.41, 5.74) is 5.79. The first-order valence-corrected chi connectivity index (χ1v) is 10.7. The van der Waals surface area contributed by atoms with Crippen molar-refractivity contribution < 1.29 is 4.79 Å². The van der Waals surface area contributed by atoms with Crippen LogP contribution in [0.1, 0.15) is 28.1 Å². The Bertz CT molecular complexity index is 1240. The highest BCUT2D eigenvalue weighted by Crippen LogP contribution is 2.20. The second-order valence-electron chi connectivity index (χ2n) is 7.50. The molecule has 4 rings (SSSR count). The molecule has 1 amide bonds. The largest absolute Gasteiger partial charge is 0.348 e. The molecule has 0 atom stereocenters. The van der Waals surface area contributed by atoms with Gasteiger partial charge in [-0.25, -0.2) is 4.68 Å². The lowest BCUT2D eigenvalue weighted by atomic mass is 10.1. The van der Waals surface area contributed by atoms with Gasteiger partial charge < -0.3 is 5.32 Å². The maximum absolute atomic E-state index is 12.4. The van der Waals surface area contributed by atoms with Crippen molar-refractivity contribution in [2.24, 2.45) is 0 Å². The van der Waals surface area contributed by atoms with Crippen LogP contribution in [0.3, 0.4) is 0 Å². The first-order valence-electron chi connectivity index (χ1n) is 10.3. The summed E-state index contributed by atoms with van der Waals surface area (Å²) in [4.78, 5) is 12.4. The van der Waals surface area contributed by atoms with E-state index in [1.165, 1.54) is 0 Å². The molecule has 0 unspecified atom stereocenters. The van der Waals surface area contributed by atoms with E-state index in [1.54, 1.807) is 17.0 Å². The third-order valence-electron chi connectivity index (χ3n) is 5.29. The van der Waals surface area contributed by atoms with Crippen LogP contribution in [0.2, 0.25) is 5.02 Å². The fourth-order valence-corrected chi connectivity index (χ4v) is 3.68. The van der Waals surface area contributed by atoms with Crippen molar-refractivity contribution in [3.8, 4) is 5.69 Å². The SMILES string of the molecule is Cc1nn(Cc2ccccc2Cl)c(C)c1/C=C/C(=O)NCc1ccc(-n2cccn2)cc1. The van der Waals surface area contributed by atoms with Gasteiger partial charge in [0.05, 0.1) is 17.9 Å². The smallest absolute Gasteiger partial charge is 0.244 e. The molecule has 0 aliphatic carbocycles. The standard InChI is InChI=1S/C25H24ClN5O/c1-18-23(19(2)31(29-18)17-21-6-3-4-7-24(21)26)12-13-25(32)27-16-20-8-10-22(11-9-20)30-15-5-14-28-30/h3-15H,16-17H2,1-2H3,(H,27,32)/b13-12+. The topological polar surface area (TPSA) is 64.7 Å². The molecule has 0 saturated carbocycles. The molecule has 4 aromatic rings. The van der Waals surface area contributed by atoms with E-state index in [0.717, 1.165) is 33.8 Å². The second kappa shape index (κ2) is 9.66. The molecule has 2 aromatic heterocycles. The van der Waals surface area contributed by atoms with Crippen LogP contribution in [0.5, 0.6) is 0 Å². The van der Waals surface area contributed by atoms with E-state index in [9.17, 15) is 4.79 Å². The van der Waals surface area contributed by atoms with Gasteiger partial charge in [-0.05, 0) is 55.3 Å². The van der Waals surface area contributed by atoms with Crippen molar-refractivity contribution in [2.45, 2.75) is 26.9 Å². The van der Waals surface area contributed by atoms with Gasteiger partial charge in [-0.1, -0.05) is 41.9 Å². The third kappa shape index (κ3) is 4.98. The van der Waals surface area contributed by atoms with Crippen molar-refractivity contribution in [3.05, 3.63) is 106 Å². The van der Waals surface area contributed by atoms with Gasteiger partial charge in [0.1, 0.15) is 0 Å². The zero-order valence-corrected chi connectivity index (χ0v) is 18.8. The zero-order chi connectivity index (χ0) is 22.5. The van der Waals surface area contributed by atoms with Gasteiger partial charge in [0, 0.05) is 41.3 Å². The number of nitrogens with zero attached hydrogens (tertiary/aromatic N) is 4. The van der Waals surface area contributed by atoms with Gasteiger partial charge in [0.15, 0.2) is 0 Å². The van der Waals surface area contributed by atoms with Crippen LogP contribution >= 0.6 is 11.6 Å². The van der Waals surface area contributed by atoms with Gasteiger partial charge in [0.2, 0.25) is 5.91 Å². The van der Waals surface area contributed by atoms with Crippen molar-refractivity contribution in [3.63, 3.8) is 0 Å². The van der Waals surface area contributed by atoms with Crippen LogP contribution in [-0.2, 0) is 17.9 Å². The molecule has 0 spiro atoms. The van der Waals surface area contributed by atoms with E-state index in [-0.39, 0.29) is 5.91 Å². The van der Waals surface area contributed by atoms with E-state index in [2.05, 4.69) is 15.5 Å². The number of halogens is 1. The predicted molar refractivity (Wildman–Crippen MR) is 127 cm³/mol. The Morgan fingerprint density at radius 3 is 2.59 bits per heavy atom. The molecule has 32 heavy (non-hydrogen) atoms. The Kier molecular flexibility index (Phi) is 6.52. The third-order valence-corrected chi connectivity index (χ3v) is 5.66. The summed E-state index contributed by atoms with van der Waals surface area (Å²) >= 11 is 6.28. The Balaban J connectivity index is 1.37. The minimum atomic E-state index is -0.154. The first-order chi connectivity index (χ1) is 15.5. The maximum Gasteiger partial charge on any atom is 0.244 e. The van der Waals surface area contributed by atoms with Crippen LogP contribution in [0.4, 0.5) is 0 Å². The Labute approximate surface area is 192 Å². The highest BCUT2D eigenvalue weighted by atomic mass is 35.5. The molecule has 7 heteroatoms. The highest BCUT2D eigenvalue weighted by molar-refractivity contribution is 6.31. The minimum absolute atomic E-state index is 0.154. The number of benzene rings is 2. The van der Waals surface area contributed by atoms with E-state index in [1.807, 2.05) is 85.4 Å². The number of nitrogens with one attached hydrogen (secondary N) is 1. The monoisotopic (exact) mass is 445 g/mol. The fraction of sp³-hybridized carbons (Fsp3) is 0.160. The molecule has 0 aliphatic rings. The first kappa shape index (κ1) is 21.6. The summed E-state index contributed by atoms with van der Waals surface area (Å²) in [5.74, 6) is -0.154. The molecule has 0 bridgehead atoms. The summed E-state index contributed by atoms with van der Waals surface area (Å²) in [6, 6.07) is 17.5. The van der Waals surface area contributed by atoms with Gasteiger partial charge in [-0.3, -0.25) is 9.48 Å². The molecule has 162 valence electrons. The summed E-state index contributed by atoms with van der Waals surface area (Å²) in [6.07, 6.45) is 7.00. The van der Waals surface area contributed by atoms with Gasteiger partial charge in [-0.2, -0.15) is 10.2 Å². The molecule has 0 saturated heterocycles. The number of aryl methyl sites for hydroxylation is 1. The number of rotatable bonds is 7. The number of carbonyl (C=O) groups excluding carboxylic acids is 1. The van der Waals surface area contributed by atoms with E-state index in [4.69, 9.17) is 11.6 Å². The average molecular weight is 446 g/mol. The second-order valence-corrected chi connectivity index (χ2v) is 7.91. The van der Waals surface area contributed by atoms with E-state index >= 15 is 0 Å². The molecule has 0 radical (unpaired) electrons. The van der Waals surface area contributed by atoms with Crippen LogP contribution in [0, 0.1) is 13.8 Å². The van der Waals surface area contributed by atoms with E-state index < -0.39 is 0 Å². The lowest BCUT2D eigenvalue weighted by molar-refractivity contribution is -0.116. The number of hydrogen-bond donors (Lipinski definition) is 1. The van der Waals surface area contributed by atoms with Crippen LogP contribution in [-0.4, -0.2) is 25.5 Å². The highest BCUT2D eigenvalue weighted by Gasteiger charge is 2.11. The number of aromatic nitrogens is 4. The van der Waals surface area contributed by atoms with Crippen LogP contribution in [0.15, 0.2) is 73.1 Å². The molecule has 1 N–H and O–H groups in total. The van der Waals surface area contributed by atoms with Gasteiger partial charge in [0.25, 0.3) is 0 Å². The van der Waals surface area contributed by atoms with Crippen molar-refractivity contribution >= 4 is 23.6 Å². The molecular formula is C25H24ClN5O. The molecule has 6 nitrogen and oxygen atoms in total. The quantitative estimate of drug-likeness (QED) is 0.419. The molecule has 2 aromatic carbocycles. The van der Waals surface area contributed by atoms with E-state index in [0.29, 0.717) is 18.1 Å². The van der Waals surface area contributed by atoms with Gasteiger partial charge in [-0.15, -0.1) is 0 Å². The molecule has 2 heterocycles. The Morgan fingerprint density at radius 2 is 1.88 bits per heavy atom. The average Bonchev–Trinajstić information content (AvgIpc) is 3.42. The summed E-state index contributed by atoms with van der Waals surface area (Å²) in [7, 11) is 0. The normalized spacial score (nSPS) is 11.2. The van der Waals surface area contributed by atoms with Gasteiger partial charge >= 0.3 is 0 Å². The van der Waals surface area contributed by atoms with Crippen LogP contribution < -0.4 is 5.32 Å². The number of amides is 1. The lowest BCUT2D eigenvalue weighted by Crippen LogP contribution is -2.20. The van der Waals surface area contributed by atoms with Crippen molar-refractivity contribution in [2.75, 3.05) is 0 Å². The summed E-state index contributed by atoms with van der Waals surface area (Å²) < 4.78 is 3.71. The molecule has 0 fully saturated rings. The minimum Gasteiger partial charge on any atom is -0.348 e. The predicted octanol–water partition coefficient (Wildman–Crippen LogP) is 4.72. The Hall–Kier alpha value is -3.64.